The van der Waals surface area contributed by atoms with Crippen LogP contribution < -0.4 is 0 Å². The average molecular weight is 379 g/mol. The number of aromatic nitrogens is 3. The summed E-state index contributed by atoms with van der Waals surface area (Å²) >= 11 is 1.56. The van der Waals surface area contributed by atoms with Crippen LogP contribution in [-0.2, 0) is 0 Å². The van der Waals surface area contributed by atoms with Crippen LogP contribution in [0.15, 0.2) is 36.7 Å². The maximum atomic E-state index is 13.3. The molecule has 1 aromatic carbocycles. The van der Waals surface area contributed by atoms with Crippen LogP contribution in [-0.4, -0.2) is 38.8 Å². The number of rotatable bonds is 2. The smallest absolute Gasteiger partial charge is 0.274 e. The molecule has 1 saturated heterocycles. The van der Waals surface area contributed by atoms with E-state index in [0.717, 1.165) is 40.7 Å². The molecule has 2 unspecified atom stereocenters. The molecule has 3 aromatic rings. The van der Waals surface area contributed by atoms with Crippen molar-refractivity contribution < 1.29 is 4.79 Å². The van der Waals surface area contributed by atoms with Gasteiger partial charge in [0.05, 0.1) is 10.2 Å². The number of piperidine rings is 1. The summed E-state index contributed by atoms with van der Waals surface area (Å²) < 4.78 is 1.10. The molecular formula is C21H22N4OS. The lowest BCUT2D eigenvalue weighted by Gasteiger charge is -2.41. The highest BCUT2D eigenvalue weighted by Crippen LogP contribution is 2.37. The molecule has 6 heteroatoms. The van der Waals surface area contributed by atoms with Crippen molar-refractivity contribution in [1.29, 1.82) is 0 Å². The number of hydrogen-bond donors (Lipinski definition) is 0. The van der Waals surface area contributed by atoms with Gasteiger partial charge in [0.25, 0.3) is 5.91 Å². The lowest BCUT2D eigenvalue weighted by Crippen LogP contribution is -2.45. The summed E-state index contributed by atoms with van der Waals surface area (Å²) in [6.45, 7) is 1.69. The third-order valence-corrected chi connectivity index (χ3v) is 7.02. The van der Waals surface area contributed by atoms with Crippen LogP contribution in [0.2, 0.25) is 0 Å². The predicted octanol–water partition coefficient (Wildman–Crippen LogP) is 4.41. The zero-order valence-electron chi connectivity index (χ0n) is 15.2. The largest absolute Gasteiger partial charge is 0.337 e. The molecule has 2 aromatic heterocycles. The molecule has 3 heterocycles. The number of thiazole rings is 1. The Hall–Kier alpha value is -2.34. The third-order valence-electron chi connectivity index (χ3n) is 5.98. The van der Waals surface area contributed by atoms with E-state index in [0.29, 0.717) is 17.3 Å². The lowest BCUT2D eigenvalue weighted by molar-refractivity contribution is 0.0516. The van der Waals surface area contributed by atoms with E-state index in [1.165, 1.54) is 25.7 Å². The van der Waals surface area contributed by atoms with Crippen LogP contribution in [0.4, 0.5) is 0 Å². The molecule has 1 aliphatic heterocycles. The van der Waals surface area contributed by atoms with Gasteiger partial charge in [0, 0.05) is 25.5 Å². The van der Waals surface area contributed by atoms with E-state index < -0.39 is 0 Å². The third kappa shape index (κ3) is 3.12. The Morgan fingerprint density at radius 3 is 2.74 bits per heavy atom. The number of nitrogens with zero attached hydrogens (tertiary/aromatic N) is 4. The number of likely N-dealkylation sites (tertiary alicyclic amines) is 1. The molecule has 2 atom stereocenters. The molecule has 0 N–H and O–H groups in total. The monoisotopic (exact) mass is 378 g/mol. The number of benzene rings is 1. The summed E-state index contributed by atoms with van der Waals surface area (Å²) in [5, 5.41) is 0.764. The summed E-state index contributed by atoms with van der Waals surface area (Å²) in [6.07, 6.45) is 9.59. The predicted molar refractivity (Wildman–Crippen MR) is 107 cm³/mol. The van der Waals surface area contributed by atoms with Gasteiger partial charge in [-0.25, -0.2) is 15.0 Å². The van der Waals surface area contributed by atoms with Gasteiger partial charge in [-0.05, 0) is 36.8 Å². The number of para-hydroxylation sites is 1. The van der Waals surface area contributed by atoms with Crippen molar-refractivity contribution in [2.75, 3.05) is 13.1 Å². The van der Waals surface area contributed by atoms with E-state index in [1.54, 1.807) is 23.7 Å². The van der Waals surface area contributed by atoms with E-state index in [9.17, 15) is 4.79 Å². The highest BCUT2D eigenvalue weighted by atomic mass is 32.1. The summed E-state index contributed by atoms with van der Waals surface area (Å²) in [4.78, 5) is 28.9. The summed E-state index contributed by atoms with van der Waals surface area (Å²) in [7, 11) is 0. The number of carbonyl (C=O) groups excluding carboxylic acids is 1. The lowest BCUT2D eigenvalue weighted by atomic mass is 9.75. The minimum atomic E-state index is 0.00128. The highest BCUT2D eigenvalue weighted by molar-refractivity contribution is 7.21. The second kappa shape index (κ2) is 7.00. The standard InChI is InChI=1S/C21H22N4OS/c26-21(25-12-9-14-5-1-2-6-15(14)13-25)19-18(22-10-11-23-19)20-24-16-7-3-4-8-17(16)27-20/h3-4,7-8,10-11,14-15H,1-2,5-6,9,12-13H2. The van der Waals surface area contributed by atoms with Gasteiger partial charge in [-0.15, -0.1) is 11.3 Å². The molecule has 2 aliphatic rings. The molecular weight excluding hydrogens is 356 g/mol. The van der Waals surface area contributed by atoms with Crippen molar-refractivity contribution >= 4 is 27.5 Å². The van der Waals surface area contributed by atoms with Gasteiger partial charge < -0.3 is 4.90 Å². The molecule has 5 nitrogen and oxygen atoms in total. The molecule has 1 saturated carbocycles. The first-order valence-corrected chi connectivity index (χ1v) is 10.6. The van der Waals surface area contributed by atoms with Gasteiger partial charge >= 0.3 is 0 Å². The van der Waals surface area contributed by atoms with Gasteiger partial charge in [0.2, 0.25) is 0 Å². The maximum absolute atomic E-state index is 13.3. The van der Waals surface area contributed by atoms with Gasteiger partial charge in [-0.3, -0.25) is 4.79 Å². The van der Waals surface area contributed by atoms with Crippen molar-refractivity contribution in [3.05, 3.63) is 42.4 Å². The van der Waals surface area contributed by atoms with Gasteiger partial charge in [-0.2, -0.15) is 0 Å². The van der Waals surface area contributed by atoms with E-state index in [4.69, 9.17) is 0 Å². The van der Waals surface area contributed by atoms with E-state index in [2.05, 4.69) is 15.0 Å². The molecule has 138 valence electrons. The SMILES string of the molecule is O=C(c1nccnc1-c1nc2ccccc2s1)N1CCC2CCCCC2C1. The molecule has 2 fully saturated rings. The van der Waals surface area contributed by atoms with Crippen molar-refractivity contribution in [1.82, 2.24) is 19.9 Å². The Morgan fingerprint density at radius 2 is 1.85 bits per heavy atom. The summed E-state index contributed by atoms with van der Waals surface area (Å²) in [6, 6.07) is 8.01. The fourth-order valence-electron chi connectivity index (χ4n) is 4.56. The summed E-state index contributed by atoms with van der Waals surface area (Å²) in [5.41, 5.74) is 1.98. The molecule has 1 aliphatic carbocycles. The normalized spacial score (nSPS) is 22.6. The fraction of sp³-hybridized carbons (Fsp3) is 0.429. The number of fused-ring (bicyclic) bond motifs is 2. The highest BCUT2D eigenvalue weighted by Gasteiger charge is 2.34. The van der Waals surface area contributed by atoms with Crippen LogP contribution >= 0.6 is 11.3 Å². The van der Waals surface area contributed by atoms with Gasteiger partial charge in [0.1, 0.15) is 10.7 Å². The van der Waals surface area contributed by atoms with Crippen molar-refractivity contribution in [2.24, 2.45) is 11.8 Å². The molecule has 5 rings (SSSR count). The first-order chi connectivity index (χ1) is 13.3. The first-order valence-electron chi connectivity index (χ1n) is 9.76. The average Bonchev–Trinajstić information content (AvgIpc) is 3.17. The van der Waals surface area contributed by atoms with Crippen molar-refractivity contribution in [2.45, 2.75) is 32.1 Å². The minimum absolute atomic E-state index is 0.00128. The second-order valence-electron chi connectivity index (χ2n) is 7.58. The van der Waals surface area contributed by atoms with Gasteiger partial charge in [0.15, 0.2) is 5.69 Å². The minimum Gasteiger partial charge on any atom is -0.337 e. The maximum Gasteiger partial charge on any atom is 0.274 e. The molecule has 0 spiro atoms. The number of amides is 1. The number of carbonyl (C=O) groups is 1. The fourth-order valence-corrected chi connectivity index (χ4v) is 5.52. The second-order valence-corrected chi connectivity index (χ2v) is 8.62. The van der Waals surface area contributed by atoms with Gasteiger partial charge in [-0.1, -0.05) is 31.4 Å². The zero-order valence-corrected chi connectivity index (χ0v) is 16.0. The van der Waals surface area contributed by atoms with E-state index in [1.807, 2.05) is 29.2 Å². The molecule has 0 radical (unpaired) electrons. The zero-order chi connectivity index (χ0) is 18.2. The first kappa shape index (κ1) is 16.8. The Balaban J connectivity index is 1.46. The van der Waals surface area contributed by atoms with E-state index in [-0.39, 0.29) is 5.91 Å². The van der Waals surface area contributed by atoms with Crippen molar-refractivity contribution in [3.8, 4) is 10.7 Å². The summed E-state index contributed by atoms with van der Waals surface area (Å²) in [5.74, 6) is 1.45. The Morgan fingerprint density at radius 1 is 1.04 bits per heavy atom. The van der Waals surface area contributed by atoms with Crippen LogP contribution in [0, 0.1) is 11.8 Å². The Labute approximate surface area is 162 Å². The molecule has 27 heavy (non-hydrogen) atoms. The Bertz CT molecular complexity index is 952. The molecule has 1 amide bonds. The van der Waals surface area contributed by atoms with E-state index >= 15 is 0 Å². The molecule has 0 bridgehead atoms. The van der Waals surface area contributed by atoms with Crippen LogP contribution in [0.25, 0.3) is 20.9 Å². The van der Waals surface area contributed by atoms with Crippen LogP contribution in [0.3, 0.4) is 0 Å². The van der Waals surface area contributed by atoms with Crippen molar-refractivity contribution in [3.63, 3.8) is 0 Å². The quantitative estimate of drug-likeness (QED) is 0.663. The number of hydrogen-bond acceptors (Lipinski definition) is 5. The van der Waals surface area contributed by atoms with Crippen LogP contribution in [0.5, 0.6) is 0 Å². The topological polar surface area (TPSA) is 59.0 Å². The van der Waals surface area contributed by atoms with Crippen LogP contribution in [0.1, 0.15) is 42.6 Å². The Kier molecular flexibility index (Phi) is 4.36.